The molecule has 32 heavy (non-hydrogen) atoms. The Balaban J connectivity index is 1.39. The Hall–Kier alpha value is -3.95. The monoisotopic (exact) mass is 465 g/mol. The number of hydrazone groups is 1. The highest BCUT2D eigenvalue weighted by Gasteiger charge is 2.13. The molecule has 0 aliphatic heterocycles. The summed E-state index contributed by atoms with van der Waals surface area (Å²) in [5.74, 6) is 1.94. The summed E-state index contributed by atoms with van der Waals surface area (Å²) in [5.41, 5.74) is 4.93. The van der Waals surface area contributed by atoms with E-state index >= 15 is 0 Å². The van der Waals surface area contributed by atoms with Crippen LogP contribution in [0.5, 0.6) is 0 Å². The van der Waals surface area contributed by atoms with Crippen LogP contribution in [0.2, 0.25) is 10.0 Å². The normalized spacial score (nSPS) is 11.3. The molecule has 11 heteroatoms. The van der Waals surface area contributed by atoms with Crippen LogP contribution in [0.15, 0.2) is 74.8 Å². The fraction of sp³-hybridized carbons (Fsp3) is 0. The zero-order chi connectivity index (χ0) is 21.9. The molecule has 0 spiro atoms. The van der Waals surface area contributed by atoms with Crippen molar-refractivity contribution in [3.05, 3.63) is 76.5 Å². The summed E-state index contributed by atoms with van der Waals surface area (Å²) in [6.45, 7) is 0. The number of hydrogen-bond donors (Lipinski definition) is 2. The van der Waals surface area contributed by atoms with Crippen LogP contribution < -0.4 is 10.7 Å². The van der Waals surface area contributed by atoms with Gasteiger partial charge in [0.15, 0.2) is 11.6 Å². The van der Waals surface area contributed by atoms with E-state index in [1.165, 1.54) is 6.21 Å². The molecular formula is C21H13Cl2N7O2. The van der Waals surface area contributed by atoms with Gasteiger partial charge in [0.05, 0.1) is 16.3 Å². The Bertz CT molecular complexity index is 1420. The number of aromatic nitrogens is 4. The van der Waals surface area contributed by atoms with Crippen LogP contribution in [0.3, 0.4) is 0 Å². The fourth-order valence-corrected chi connectivity index (χ4v) is 3.15. The Labute approximate surface area is 191 Å². The molecule has 2 aromatic carbocycles. The van der Waals surface area contributed by atoms with Crippen LogP contribution in [0.1, 0.15) is 5.76 Å². The number of nitrogens with zero attached hydrogens (tertiary/aromatic N) is 5. The maximum Gasteiger partial charge on any atom is 0.245 e. The number of hydrogen-bond acceptors (Lipinski definition) is 9. The van der Waals surface area contributed by atoms with Gasteiger partial charge in [0.2, 0.25) is 11.3 Å². The first-order valence-corrected chi connectivity index (χ1v) is 10.1. The third-order valence-electron chi connectivity index (χ3n) is 4.34. The van der Waals surface area contributed by atoms with E-state index < -0.39 is 0 Å². The van der Waals surface area contributed by atoms with Gasteiger partial charge in [-0.25, -0.2) is 9.61 Å². The van der Waals surface area contributed by atoms with Crippen LogP contribution in [0, 0.1) is 0 Å². The molecule has 0 saturated heterocycles. The van der Waals surface area contributed by atoms with Crippen molar-refractivity contribution in [3.8, 4) is 11.3 Å². The van der Waals surface area contributed by atoms with Gasteiger partial charge in [0, 0.05) is 11.3 Å². The number of halogens is 2. The van der Waals surface area contributed by atoms with E-state index in [0.717, 1.165) is 11.3 Å². The molecule has 0 radical (unpaired) electrons. The Morgan fingerprint density at radius 2 is 1.62 bits per heavy atom. The van der Waals surface area contributed by atoms with Gasteiger partial charge in [0.1, 0.15) is 11.5 Å². The molecule has 158 valence electrons. The lowest BCUT2D eigenvalue weighted by molar-refractivity contribution is 0.314. The van der Waals surface area contributed by atoms with Gasteiger partial charge >= 0.3 is 0 Å². The predicted octanol–water partition coefficient (Wildman–Crippen LogP) is 5.77. The van der Waals surface area contributed by atoms with Crippen LogP contribution in [0.25, 0.3) is 22.6 Å². The minimum atomic E-state index is 0.228. The lowest BCUT2D eigenvalue weighted by Gasteiger charge is -2.09. The van der Waals surface area contributed by atoms with Gasteiger partial charge < -0.3 is 9.73 Å². The summed E-state index contributed by atoms with van der Waals surface area (Å²) in [4.78, 5) is 8.72. The highest BCUT2D eigenvalue weighted by molar-refractivity contribution is 6.42. The van der Waals surface area contributed by atoms with Gasteiger partial charge in [-0.15, -0.1) is 0 Å². The van der Waals surface area contributed by atoms with Crippen molar-refractivity contribution in [2.24, 2.45) is 5.10 Å². The van der Waals surface area contributed by atoms with Crippen molar-refractivity contribution in [3.63, 3.8) is 0 Å². The zero-order valence-electron chi connectivity index (χ0n) is 16.2. The van der Waals surface area contributed by atoms with E-state index in [2.05, 4.69) is 36.1 Å². The number of rotatable bonds is 6. The first-order valence-electron chi connectivity index (χ1n) is 9.32. The summed E-state index contributed by atoms with van der Waals surface area (Å²) < 4.78 is 10.5. The van der Waals surface area contributed by atoms with E-state index in [4.69, 9.17) is 32.2 Å². The summed E-state index contributed by atoms with van der Waals surface area (Å²) in [6, 6.07) is 18.6. The summed E-state index contributed by atoms with van der Waals surface area (Å²) in [7, 11) is 0. The SMILES string of the molecule is Clc1ccc(Nc2nc3nonc3nc2NN=Cc2ccc(-c3ccccc3)o2)cc1Cl. The minimum Gasteiger partial charge on any atom is -0.455 e. The molecule has 5 aromatic rings. The summed E-state index contributed by atoms with van der Waals surface area (Å²) >= 11 is 12.1. The van der Waals surface area contributed by atoms with Crippen molar-refractivity contribution in [1.82, 2.24) is 20.3 Å². The predicted molar refractivity (Wildman–Crippen MR) is 122 cm³/mol. The number of nitrogens with one attached hydrogen (secondary N) is 2. The molecule has 5 rings (SSSR count). The maximum atomic E-state index is 6.10. The minimum absolute atomic E-state index is 0.228. The second-order valence-electron chi connectivity index (χ2n) is 6.52. The van der Waals surface area contributed by atoms with E-state index in [1.54, 1.807) is 18.2 Å². The molecule has 0 aliphatic carbocycles. The van der Waals surface area contributed by atoms with Gasteiger partial charge in [-0.2, -0.15) is 10.1 Å². The summed E-state index contributed by atoms with van der Waals surface area (Å²) in [5, 5.41) is 15.6. The first-order chi connectivity index (χ1) is 15.7. The largest absolute Gasteiger partial charge is 0.455 e. The molecule has 0 saturated carbocycles. The molecule has 0 fully saturated rings. The molecule has 0 bridgehead atoms. The number of fused-ring (bicyclic) bond motifs is 1. The van der Waals surface area contributed by atoms with Crippen molar-refractivity contribution in [2.45, 2.75) is 0 Å². The van der Waals surface area contributed by atoms with Crippen molar-refractivity contribution in [2.75, 3.05) is 10.7 Å². The van der Waals surface area contributed by atoms with E-state index in [1.807, 2.05) is 42.5 Å². The van der Waals surface area contributed by atoms with Crippen LogP contribution in [-0.4, -0.2) is 26.5 Å². The van der Waals surface area contributed by atoms with Gasteiger partial charge in [-0.3, -0.25) is 5.43 Å². The average Bonchev–Trinajstić information content (AvgIpc) is 3.46. The quantitative estimate of drug-likeness (QED) is 0.240. The number of furan rings is 1. The van der Waals surface area contributed by atoms with Crippen molar-refractivity contribution < 1.29 is 9.05 Å². The van der Waals surface area contributed by atoms with Gasteiger partial charge in [-0.1, -0.05) is 53.5 Å². The highest BCUT2D eigenvalue weighted by atomic mass is 35.5. The Kier molecular flexibility index (Phi) is 5.40. The fourth-order valence-electron chi connectivity index (χ4n) is 2.85. The first kappa shape index (κ1) is 20.0. The van der Waals surface area contributed by atoms with Crippen LogP contribution >= 0.6 is 23.2 Å². The molecule has 0 aliphatic rings. The van der Waals surface area contributed by atoms with Crippen LogP contribution in [-0.2, 0) is 0 Å². The molecule has 0 atom stereocenters. The molecule has 0 amide bonds. The second kappa shape index (κ2) is 8.66. The lowest BCUT2D eigenvalue weighted by Crippen LogP contribution is -2.03. The number of anilines is 3. The highest BCUT2D eigenvalue weighted by Crippen LogP contribution is 2.29. The molecule has 2 N–H and O–H groups in total. The van der Waals surface area contributed by atoms with Gasteiger partial charge in [0.25, 0.3) is 0 Å². The lowest BCUT2D eigenvalue weighted by atomic mass is 10.2. The molecule has 9 nitrogen and oxygen atoms in total. The van der Waals surface area contributed by atoms with Crippen molar-refractivity contribution >= 4 is 58.0 Å². The topological polar surface area (TPSA) is 114 Å². The second-order valence-corrected chi connectivity index (χ2v) is 7.34. The Morgan fingerprint density at radius 1 is 0.844 bits per heavy atom. The van der Waals surface area contributed by atoms with E-state index in [0.29, 0.717) is 33.1 Å². The molecule has 0 unspecified atom stereocenters. The van der Waals surface area contributed by atoms with Gasteiger partial charge in [-0.05, 0) is 40.6 Å². The average molecular weight is 466 g/mol. The van der Waals surface area contributed by atoms with E-state index in [9.17, 15) is 0 Å². The van der Waals surface area contributed by atoms with Crippen LogP contribution in [0.4, 0.5) is 17.3 Å². The molecular weight excluding hydrogens is 453 g/mol. The van der Waals surface area contributed by atoms with E-state index in [-0.39, 0.29) is 11.3 Å². The third kappa shape index (κ3) is 4.25. The van der Waals surface area contributed by atoms with Crippen molar-refractivity contribution in [1.29, 1.82) is 0 Å². The third-order valence-corrected chi connectivity index (χ3v) is 5.08. The number of benzene rings is 2. The summed E-state index contributed by atoms with van der Waals surface area (Å²) in [6.07, 6.45) is 1.53. The smallest absolute Gasteiger partial charge is 0.245 e. The molecule has 3 heterocycles. The standard InChI is InChI=1S/C21H13Cl2N7O2/c22-15-8-6-13(10-16(15)23)25-18-19(27-21-20(26-18)29-32-30-21)28-24-11-14-7-9-17(31-14)12-4-2-1-3-5-12/h1-11H,(H,25,26,29)(H,27,28,30). The maximum absolute atomic E-state index is 6.10. The molecule has 3 aromatic heterocycles. The zero-order valence-corrected chi connectivity index (χ0v) is 17.7. The Morgan fingerprint density at radius 3 is 2.41 bits per heavy atom.